The molecule has 1 aromatic rings. The van der Waals surface area contributed by atoms with Crippen LogP contribution >= 0.6 is 11.6 Å². The fraction of sp³-hybridized carbons (Fsp3) is 0.417. The number of aldehydes is 1. The Morgan fingerprint density at radius 3 is 2.81 bits per heavy atom. The second-order valence-corrected chi connectivity index (χ2v) is 3.86. The molecule has 1 N–H and O–H groups in total. The number of aliphatic hydroxyl groups is 1. The Hall–Kier alpha value is -1.06. The van der Waals surface area contributed by atoms with E-state index in [1.165, 1.54) is 0 Å². The van der Waals surface area contributed by atoms with Gasteiger partial charge in [0.1, 0.15) is 0 Å². The van der Waals surface area contributed by atoms with Crippen molar-refractivity contribution in [1.82, 2.24) is 0 Å². The lowest BCUT2D eigenvalue weighted by Crippen LogP contribution is -2.26. The highest BCUT2D eigenvalue weighted by molar-refractivity contribution is 6.33. The number of para-hydroxylation sites is 1. The second kappa shape index (κ2) is 6.51. The van der Waals surface area contributed by atoms with E-state index in [2.05, 4.69) is 0 Å². The zero-order chi connectivity index (χ0) is 12.0. The number of rotatable bonds is 6. The van der Waals surface area contributed by atoms with Crippen molar-refractivity contribution < 1.29 is 9.90 Å². The summed E-state index contributed by atoms with van der Waals surface area (Å²) in [6.45, 7) is 3.58. The molecule has 0 spiro atoms. The Morgan fingerprint density at radius 1 is 1.50 bits per heavy atom. The number of aliphatic hydroxyl groups excluding tert-OH is 1. The Kier molecular flexibility index (Phi) is 5.29. The zero-order valence-electron chi connectivity index (χ0n) is 9.32. The standard InChI is InChI=1S/C12H16ClNO2/c1-2-14(7-4-8-15)12-10(9-16)5-3-6-11(12)13/h3,5-6,9,15H,2,4,7-8H2,1H3. The van der Waals surface area contributed by atoms with Crippen LogP contribution in [-0.4, -0.2) is 31.1 Å². The van der Waals surface area contributed by atoms with Gasteiger partial charge in [0.2, 0.25) is 0 Å². The zero-order valence-corrected chi connectivity index (χ0v) is 10.1. The van der Waals surface area contributed by atoms with Crippen LogP contribution in [0.2, 0.25) is 5.02 Å². The molecule has 0 saturated carbocycles. The number of carbonyl (C=O) groups is 1. The molecule has 0 unspecified atom stereocenters. The van der Waals surface area contributed by atoms with Crippen LogP contribution in [0.25, 0.3) is 0 Å². The smallest absolute Gasteiger partial charge is 0.152 e. The summed E-state index contributed by atoms with van der Waals surface area (Å²) in [6, 6.07) is 5.27. The van der Waals surface area contributed by atoms with Gasteiger partial charge in [-0.25, -0.2) is 0 Å². The molecule has 0 aromatic heterocycles. The van der Waals surface area contributed by atoms with Crippen LogP contribution < -0.4 is 4.90 Å². The van der Waals surface area contributed by atoms with Gasteiger partial charge in [0.25, 0.3) is 0 Å². The van der Waals surface area contributed by atoms with E-state index in [0.717, 1.165) is 18.5 Å². The summed E-state index contributed by atoms with van der Waals surface area (Å²) >= 11 is 6.10. The molecule has 0 fully saturated rings. The number of hydrogen-bond donors (Lipinski definition) is 1. The van der Waals surface area contributed by atoms with E-state index >= 15 is 0 Å². The minimum Gasteiger partial charge on any atom is -0.396 e. The summed E-state index contributed by atoms with van der Waals surface area (Å²) < 4.78 is 0. The fourth-order valence-electron chi connectivity index (χ4n) is 1.65. The highest BCUT2D eigenvalue weighted by Crippen LogP contribution is 2.28. The largest absolute Gasteiger partial charge is 0.396 e. The molecular weight excluding hydrogens is 226 g/mol. The van der Waals surface area contributed by atoms with Crippen LogP contribution in [0.5, 0.6) is 0 Å². The van der Waals surface area contributed by atoms with Crippen LogP contribution in [0.3, 0.4) is 0 Å². The van der Waals surface area contributed by atoms with Gasteiger partial charge in [-0.2, -0.15) is 0 Å². The molecule has 1 aromatic carbocycles. The van der Waals surface area contributed by atoms with Crippen molar-refractivity contribution in [3.8, 4) is 0 Å². The molecule has 0 radical (unpaired) electrons. The van der Waals surface area contributed by atoms with Crippen LogP contribution in [0.15, 0.2) is 18.2 Å². The summed E-state index contributed by atoms with van der Waals surface area (Å²) in [5.74, 6) is 0. The van der Waals surface area contributed by atoms with Crippen molar-refractivity contribution in [2.24, 2.45) is 0 Å². The maximum atomic E-state index is 10.9. The van der Waals surface area contributed by atoms with Crippen molar-refractivity contribution in [1.29, 1.82) is 0 Å². The SMILES string of the molecule is CCN(CCCO)c1c(Cl)cccc1C=O. The summed E-state index contributed by atoms with van der Waals surface area (Å²) in [4.78, 5) is 12.9. The lowest BCUT2D eigenvalue weighted by molar-refractivity contribution is 0.112. The van der Waals surface area contributed by atoms with E-state index in [4.69, 9.17) is 16.7 Å². The summed E-state index contributed by atoms with van der Waals surface area (Å²) in [7, 11) is 0. The van der Waals surface area contributed by atoms with Gasteiger partial charge in [0.15, 0.2) is 6.29 Å². The highest BCUT2D eigenvalue weighted by Gasteiger charge is 2.12. The number of hydrogen-bond acceptors (Lipinski definition) is 3. The lowest BCUT2D eigenvalue weighted by atomic mass is 10.1. The number of halogens is 1. The van der Waals surface area contributed by atoms with Gasteiger partial charge in [-0.3, -0.25) is 4.79 Å². The molecule has 88 valence electrons. The number of anilines is 1. The van der Waals surface area contributed by atoms with Gasteiger partial charge in [-0.1, -0.05) is 17.7 Å². The maximum absolute atomic E-state index is 10.9. The van der Waals surface area contributed by atoms with Crippen LogP contribution in [0, 0.1) is 0 Å². The first kappa shape index (κ1) is 13.0. The summed E-state index contributed by atoms with van der Waals surface area (Å²) in [5.41, 5.74) is 1.35. The van der Waals surface area contributed by atoms with Gasteiger partial charge in [0, 0.05) is 25.3 Å². The van der Waals surface area contributed by atoms with Gasteiger partial charge in [0.05, 0.1) is 10.7 Å². The average molecular weight is 242 g/mol. The molecule has 3 nitrogen and oxygen atoms in total. The van der Waals surface area contributed by atoms with E-state index in [0.29, 0.717) is 23.6 Å². The molecule has 16 heavy (non-hydrogen) atoms. The minimum atomic E-state index is 0.136. The molecule has 0 aliphatic rings. The minimum absolute atomic E-state index is 0.136. The third kappa shape index (κ3) is 2.97. The Bertz CT molecular complexity index is 355. The quantitative estimate of drug-likeness (QED) is 0.778. The number of benzene rings is 1. The maximum Gasteiger partial charge on any atom is 0.152 e. The third-order valence-electron chi connectivity index (χ3n) is 2.43. The van der Waals surface area contributed by atoms with Crippen molar-refractivity contribution in [3.05, 3.63) is 28.8 Å². The predicted molar refractivity (Wildman–Crippen MR) is 66.4 cm³/mol. The highest BCUT2D eigenvalue weighted by atomic mass is 35.5. The summed E-state index contributed by atoms with van der Waals surface area (Å²) in [6.07, 6.45) is 1.47. The monoisotopic (exact) mass is 241 g/mol. The molecule has 0 saturated heterocycles. The van der Waals surface area contributed by atoms with E-state index in [1.807, 2.05) is 11.8 Å². The molecule has 0 atom stereocenters. The second-order valence-electron chi connectivity index (χ2n) is 3.45. The summed E-state index contributed by atoms with van der Waals surface area (Å²) in [5, 5.41) is 9.40. The Morgan fingerprint density at radius 2 is 2.25 bits per heavy atom. The molecular formula is C12H16ClNO2. The van der Waals surface area contributed by atoms with Crippen LogP contribution in [0.1, 0.15) is 23.7 Å². The molecule has 0 aliphatic carbocycles. The number of carbonyl (C=O) groups excluding carboxylic acids is 1. The topological polar surface area (TPSA) is 40.5 Å². The van der Waals surface area contributed by atoms with Crippen LogP contribution in [-0.2, 0) is 0 Å². The van der Waals surface area contributed by atoms with Crippen molar-refractivity contribution in [3.63, 3.8) is 0 Å². The van der Waals surface area contributed by atoms with E-state index in [1.54, 1.807) is 18.2 Å². The predicted octanol–water partition coefficient (Wildman–Crippen LogP) is 2.36. The van der Waals surface area contributed by atoms with Crippen molar-refractivity contribution in [2.75, 3.05) is 24.6 Å². The van der Waals surface area contributed by atoms with Gasteiger partial charge in [-0.15, -0.1) is 0 Å². The van der Waals surface area contributed by atoms with E-state index in [9.17, 15) is 4.79 Å². The van der Waals surface area contributed by atoms with E-state index in [-0.39, 0.29) is 6.61 Å². The first-order chi connectivity index (χ1) is 7.74. The molecule has 0 amide bonds. The fourth-order valence-corrected chi connectivity index (χ4v) is 1.95. The van der Waals surface area contributed by atoms with Crippen molar-refractivity contribution in [2.45, 2.75) is 13.3 Å². The molecule has 0 bridgehead atoms. The third-order valence-corrected chi connectivity index (χ3v) is 2.73. The molecule has 0 heterocycles. The Labute approximate surface area is 101 Å². The first-order valence-corrected chi connectivity index (χ1v) is 5.71. The normalized spacial score (nSPS) is 10.2. The average Bonchev–Trinajstić information content (AvgIpc) is 2.31. The van der Waals surface area contributed by atoms with Gasteiger partial charge >= 0.3 is 0 Å². The van der Waals surface area contributed by atoms with Gasteiger partial charge < -0.3 is 10.0 Å². The lowest BCUT2D eigenvalue weighted by Gasteiger charge is -2.25. The number of nitrogens with zero attached hydrogens (tertiary/aromatic N) is 1. The van der Waals surface area contributed by atoms with Crippen LogP contribution in [0.4, 0.5) is 5.69 Å². The molecule has 0 aliphatic heterocycles. The van der Waals surface area contributed by atoms with Crippen molar-refractivity contribution >= 4 is 23.6 Å². The first-order valence-electron chi connectivity index (χ1n) is 5.34. The van der Waals surface area contributed by atoms with E-state index < -0.39 is 0 Å². The molecule has 1 rings (SSSR count). The Balaban J connectivity index is 3.02. The van der Waals surface area contributed by atoms with Gasteiger partial charge in [-0.05, 0) is 25.5 Å². The molecule has 4 heteroatoms.